The summed E-state index contributed by atoms with van der Waals surface area (Å²) in [6.45, 7) is 1.98. The predicted octanol–water partition coefficient (Wildman–Crippen LogP) is 3.98. The van der Waals surface area contributed by atoms with E-state index in [1.807, 2.05) is 54.6 Å². The van der Waals surface area contributed by atoms with Crippen LogP contribution in [-0.4, -0.2) is 35.6 Å². The normalized spacial score (nSPS) is 15.8. The zero-order valence-electron chi connectivity index (χ0n) is 17.8. The third-order valence-corrected chi connectivity index (χ3v) is 5.93. The molecule has 1 atom stereocenters. The average Bonchev–Trinajstić information content (AvgIpc) is 3.24. The highest BCUT2D eigenvalue weighted by Gasteiger charge is 2.44. The van der Waals surface area contributed by atoms with Crippen LogP contribution in [0.4, 0.5) is 0 Å². The van der Waals surface area contributed by atoms with Gasteiger partial charge in [0.2, 0.25) is 5.91 Å². The predicted molar refractivity (Wildman–Crippen MR) is 117 cm³/mol. The number of carbonyl (C=O) groups is 3. The molecule has 1 amide bonds. The molecule has 0 spiro atoms. The van der Waals surface area contributed by atoms with Gasteiger partial charge in [-0.2, -0.15) is 0 Å². The van der Waals surface area contributed by atoms with Crippen LogP contribution in [0.3, 0.4) is 0 Å². The van der Waals surface area contributed by atoms with Crippen LogP contribution in [-0.2, 0) is 25.5 Å². The van der Waals surface area contributed by atoms with Crippen LogP contribution >= 0.6 is 0 Å². The highest BCUT2D eigenvalue weighted by atomic mass is 16.5. The summed E-state index contributed by atoms with van der Waals surface area (Å²) in [5.74, 6) is -1.88. The SMILES string of the molecule is CCOC(=O)CC1(C(=O)N[C@@H](Cc2ccc(-c3ccccc3)cc2)C(=O)O)CCCC1. The Kier molecular flexibility index (Phi) is 7.45. The second-order valence-electron chi connectivity index (χ2n) is 8.10. The fraction of sp³-hybridized carbons (Fsp3) is 0.400. The first-order chi connectivity index (χ1) is 14.9. The third kappa shape index (κ3) is 5.72. The van der Waals surface area contributed by atoms with Gasteiger partial charge in [0.05, 0.1) is 18.4 Å². The van der Waals surface area contributed by atoms with Gasteiger partial charge in [-0.1, -0.05) is 67.4 Å². The van der Waals surface area contributed by atoms with E-state index < -0.39 is 23.4 Å². The van der Waals surface area contributed by atoms with E-state index in [2.05, 4.69) is 5.32 Å². The summed E-state index contributed by atoms with van der Waals surface area (Å²) in [5.41, 5.74) is 2.06. The molecule has 1 aliphatic rings. The van der Waals surface area contributed by atoms with Crippen LogP contribution in [0.15, 0.2) is 54.6 Å². The Hall–Kier alpha value is -3.15. The molecule has 0 saturated heterocycles. The molecule has 0 aliphatic heterocycles. The number of hydrogen-bond donors (Lipinski definition) is 2. The maximum absolute atomic E-state index is 13.1. The number of aliphatic carboxylic acids is 1. The molecular formula is C25H29NO5. The first-order valence-corrected chi connectivity index (χ1v) is 10.8. The molecule has 31 heavy (non-hydrogen) atoms. The van der Waals surface area contributed by atoms with E-state index in [1.54, 1.807) is 6.92 Å². The lowest BCUT2D eigenvalue weighted by atomic mass is 9.81. The van der Waals surface area contributed by atoms with Crippen LogP contribution in [0.25, 0.3) is 11.1 Å². The van der Waals surface area contributed by atoms with E-state index in [1.165, 1.54) is 0 Å². The highest BCUT2D eigenvalue weighted by molar-refractivity contribution is 5.90. The van der Waals surface area contributed by atoms with Gasteiger partial charge >= 0.3 is 11.9 Å². The summed E-state index contributed by atoms with van der Waals surface area (Å²) in [4.78, 5) is 37.0. The van der Waals surface area contributed by atoms with E-state index >= 15 is 0 Å². The summed E-state index contributed by atoms with van der Waals surface area (Å²) < 4.78 is 5.04. The van der Waals surface area contributed by atoms with Gasteiger partial charge in [0, 0.05) is 6.42 Å². The van der Waals surface area contributed by atoms with E-state index in [9.17, 15) is 19.5 Å². The number of carboxylic acid groups (broad SMARTS) is 1. The molecule has 164 valence electrons. The maximum Gasteiger partial charge on any atom is 0.326 e. The molecule has 6 heteroatoms. The minimum atomic E-state index is -1.09. The lowest BCUT2D eigenvalue weighted by molar-refractivity contribution is -0.151. The van der Waals surface area contributed by atoms with Gasteiger partial charge in [-0.15, -0.1) is 0 Å². The second kappa shape index (κ2) is 10.2. The first-order valence-electron chi connectivity index (χ1n) is 10.8. The van der Waals surface area contributed by atoms with Gasteiger partial charge in [0.25, 0.3) is 0 Å². The summed E-state index contributed by atoms with van der Waals surface area (Å²) in [5, 5.41) is 12.4. The zero-order valence-corrected chi connectivity index (χ0v) is 17.8. The van der Waals surface area contributed by atoms with Crippen molar-refractivity contribution < 1.29 is 24.2 Å². The largest absolute Gasteiger partial charge is 0.480 e. The van der Waals surface area contributed by atoms with E-state index in [-0.39, 0.29) is 25.4 Å². The van der Waals surface area contributed by atoms with Crippen molar-refractivity contribution in [3.05, 3.63) is 60.2 Å². The number of esters is 1. The number of rotatable bonds is 9. The molecule has 1 aliphatic carbocycles. The molecule has 6 nitrogen and oxygen atoms in total. The molecule has 2 aromatic carbocycles. The van der Waals surface area contributed by atoms with Crippen molar-refractivity contribution in [2.75, 3.05) is 6.61 Å². The third-order valence-electron chi connectivity index (χ3n) is 5.93. The summed E-state index contributed by atoms with van der Waals surface area (Å²) in [7, 11) is 0. The van der Waals surface area contributed by atoms with Crippen LogP contribution in [0.1, 0.15) is 44.6 Å². The molecule has 1 fully saturated rings. The highest BCUT2D eigenvalue weighted by Crippen LogP contribution is 2.41. The lowest BCUT2D eigenvalue weighted by Gasteiger charge is -2.28. The van der Waals surface area contributed by atoms with Crippen molar-refractivity contribution in [3.8, 4) is 11.1 Å². The van der Waals surface area contributed by atoms with Crippen molar-refractivity contribution in [2.45, 2.75) is 51.5 Å². The van der Waals surface area contributed by atoms with Crippen LogP contribution in [0, 0.1) is 5.41 Å². The van der Waals surface area contributed by atoms with Crippen LogP contribution in [0.5, 0.6) is 0 Å². The molecule has 2 N–H and O–H groups in total. The molecule has 0 heterocycles. The topological polar surface area (TPSA) is 92.7 Å². The Morgan fingerprint density at radius 2 is 1.61 bits per heavy atom. The van der Waals surface area contributed by atoms with Gasteiger partial charge in [-0.05, 0) is 36.5 Å². The average molecular weight is 424 g/mol. The monoisotopic (exact) mass is 423 g/mol. The quantitative estimate of drug-likeness (QED) is 0.595. The summed E-state index contributed by atoms with van der Waals surface area (Å²) >= 11 is 0. The smallest absolute Gasteiger partial charge is 0.326 e. The van der Waals surface area contributed by atoms with Crippen molar-refractivity contribution in [3.63, 3.8) is 0 Å². The fourth-order valence-corrected chi connectivity index (χ4v) is 4.24. The van der Waals surface area contributed by atoms with E-state index in [4.69, 9.17) is 4.74 Å². The van der Waals surface area contributed by atoms with Gasteiger partial charge < -0.3 is 15.2 Å². The summed E-state index contributed by atoms with van der Waals surface area (Å²) in [6, 6.07) is 16.5. The molecule has 2 aromatic rings. The molecule has 3 rings (SSSR count). The molecular weight excluding hydrogens is 394 g/mol. The molecule has 0 bridgehead atoms. The number of amides is 1. The standard InChI is InChI=1S/C25H29NO5/c1-2-31-22(27)17-25(14-6-7-15-25)24(30)26-21(23(28)29)16-18-10-12-20(13-11-18)19-8-4-3-5-9-19/h3-5,8-13,21H,2,6-7,14-17H2,1H3,(H,26,30)(H,28,29)/t21-/m0/s1. The molecule has 0 unspecified atom stereocenters. The lowest BCUT2D eigenvalue weighted by Crippen LogP contribution is -2.49. The van der Waals surface area contributed by atoms with Gasteiger partial charge in [0.15, 0.2) is 0 Å². The molecule has 0 aromatic heterocycles. The maximum atomic E-state index is 13.1. The van der Waals surface area contributed by atoms with Crippen molar-refractivity contribution in [1.82, 2.24) is 5.32 Å². The minimum absolute atomic E-state index is 0.00914. The van der Waals surface area contributed by atoms with E-state index in [0.717, 1.165) is 29.5 Å². The van der Waals surface area contributed by atoms with Crippen molar-refractivity contribution >= 4 is 17.8 Å². The number of nitrogens with one attached hydrogen (secondary N) is 1. The number of carbonyl (C=O) groups excluding carboxylic acids is 2. The number of hydrogen-bond acceptors (Lipinski definition) is 4. The van der Waals surface area contributed by atoms with E-state index in [0.29, 0.717) is 12.8 Å². The first kappa shape index (κ1) is 22.5. The fourth-order valence-electron chi connectivity index (χ4n) is 4.24. The molecule has 1 saturated carbocycles. The van der Waals surface area contributed by atoms with Crippen LogP contribution < -0.4 is 5.32 Å². The van der Waals surface area contributed by atoms with Gasteiger partial charge in [-0.25, -0.2) is 4.79 Å². The Morgan fingerprint density at radius 3 is 2.19 bits per heavy atom. The van der Waals surface area contributed by atoms with Crippen molar-refractivity contribution in [1.29, 1.82) is 0 Å². The Labute approximate surface area is 182 Å². The Morgan fingerprint density at radius 1 is 1.00 bits per heavy atom. The number of ether oxygens (including phenoxy) is 1. The number of benzene rings is 2. The van der Waals surface area contributed by atoms with Crippen molar-refractivity contribution in [2.24, 2.45) is 5.41 Å². The number of carboxylic acids is 1. The molecule has 0 radical (unpaired) electrons. The van der Waals surface area contributed by atoms with Gasteiger partial charge in [-0.3, -0.25) is 9.59 Å². The Bertz CT molecular complexity index is 901. The van der Waals surface area contributed by atoms with Crippen LogP contribution in [0.2, 0.25) is 0 Å². The Balaban J connectivity index is 1.69. The van der Waals surface area contributed by atoms with Gasteiger partial charge in [0.1, 0.15) is 6.04 Å². The zero-order chi connectivity index (χ0) is 22.3. The minimum Gasteiger partial charge on any atom is -0.480 e. The second-order valence-corrected chi connectivity index (χ2v) is 8.10. The summed E-state index contributed by atoms with van der Waals surface area (Å²) in [6.07, 6.45) is 2.97.